The molecular weight excluding hydrogens is 222 g/mol. The first-order valence-corrected chi connectivity index (χ1v) is 3.02. The largest absolute Gasteiger partial charge is 0.517 e. The summed E-state index contributed by atoms with van der Waals surface area (Å²) in [4.78, 5) is 10.1. The van der Waals surface area contributed by atoms with Crippen LogP contribution in [0.1, 0.15) is 0 Å². The second-order valence-electron chi connectivity index (χ2n) is 2.00. The first-order chi connectivity index (χ1) is 6.22. The number of carbonyl (C=O) groups excluding carboxylic acids is 1. The van der Waals surface area contributed by atoms with Crippen LogP contribution in [0.5, 0.6) is 0 Å². The van der Waals surface area contributed by atoms with Crippen LogP contribution < -0.4 is 0 Å². The maximum Gasteiger partial charge on any atom is 0.517 e. The molecule has 0 aromatic carbocycles. The molecule has 0 spiro atoms. The average Bonchev–Trinajstić information content (AvgIpc) is 2.02. The van der Waals surface area contributed by atoms with Crippen molar-refractivity contribution in [1.82, 2.24) is 0 Å². The molecule has 0 radical (unpaired) electrons. The minimum absolute atomic E-state index is 2.40. The Balaban J connectivity index is 4.12. The third-order valence-electron chi connectivity index (χ3n) is 0.776. The molecule has 0 aromatic heterocycles. The molecule has 84 valence electrons. The number of halogens is 6. The molecule has 14 heavy (non-hydrogen) atoms. The monoisotopic (exact) mass is 226 g/mol. The summed E-state index contributed by atoms with van der Waals surface area (Å²) in [6, 6.07) is 0. The first kappa shape index (κ1) is 12.8. The molecule has 0 heterocycles. The van der Waals surface area contributed by atoms with Gasteiger partial charge in [0.1, 0.15) is 0 Å². The summed E-state index contributed by atoms with van der Waals surface area (Å²) in [5, 5.41) is 0. The lowest BCUT2D eigenvalue weighted by molar-refractivity contribution is -0.263. The Hall–Kier alpha value is -1.15. The number of ether oxygens (including phenoxy) is 2. The standard InChI is InChI=1S/C5H4F6O3/c6-1-4(8,9)13-3(12)14-5(10,11)2-7/h1-2H2. The van der Waals surface area contributed by atoms with Crippen LogP contribution in [0.4, 0.5) is 31.1 Å². The summed E-state index contributed by atoms with van der Waals surface area (Å²) >= 11 is 0. The molecule has 0 atom stereocenters. The molecule has 0 rings (SSSR count). The van der Waals surface area contributed by atoms with Gasteiger partial charge in [0.25, 0.3) is 0 Å². The van der Waals surface area contributed by atoms with Crippen LogP contribution in [0.15, 0.2) is 0 Å². The Morgan fingerprint density at radius 2 is 1.21 bits per heavy atom. The molecule has 0 aliphatic heterocycles. The SMILES string of the molecule is O=C(OC(F)(F)CF)OC(F)(F)CF. The van der Waals surface area contributed by atoms with Gasteiger partial charge in [0, 0.05) is 0 Å². The highest BCUT2D eigenvalue weighted by Gasteiger charge is 2.40. The molecule has 0 fully saturated rings. The van der Waals surface area contributed by atoms with Crippen molar-refractivity contribution in [3.63, 3.8) is 0 Å². The Labute approximate surface area is 73.6 Å². The van der Waals surface area contributed by atoms with Crippen LogP contribution in [-0.2, 0) is 9.47 Å². The molecule has 0 bridgehead atoms. The zero-order chi connectivity index (χ0) is 11.4. The van der Waals surface area contributed by atoms with E-state index < -0.39 is 31.7 Å². The lowest BCUT2D eigenvalue weighted by Crippen LogP contribution is -2.33. The van der Waals surface area contributed by atoms with E-state index in [1.165, 1.54) is 0 Å². The summed E-state index contributed by atoms with van der Waals surface area (Å²) in [5.74, 6) is 0. The zero-order valence-corrected chi connectivity index (χ0v) is 6.41. The third kappa shape index (κ3) is 4.77. The van der Waals surface area contributed by atoms with Gasteiger partial charge in [0.05, 0.1) is 0 Å². The number of hydrogen-bond acceptors (Lipinski definition) is 3. The second-order valence-corrected chi connectivity index (χ2v) is 2.00. The summed E-state index contributed by atoms with van der Waals surface area (Å²) in [5.41, 5.74) is 0. The predicted octanol–water partition coefficient (Wildman–Crippen LogP) is 2.26. The van der Waals surface area contributed by atoms with Gasteiger partial charge in [-0.3, -0.25) is 0 Å². The molecule has 0 aromatic rings. The van der Waals surface area contributed by atoms with Gasteiger partial charge in [0.2, 0.25) is 0 Å². The van der Waals surface area contributed by atoms with E-state index in [0.717, 1.165) is 0 Å². The van der Waals surface area contributed by atoms with E-state index in [2.05, 4.69) is 9.47 Å². The van der Waals surface area contributed by atoms with Crippen molar-refractivity contribution < 1.29 is 40.6 Å². The number of hydrogen-bond donors (Lipinski definition) is 0. The number of alkyl halides is 6. The Kier molecular flexibility index (Phi) is 4.02. The summed E-state index contributed by atoms with van der Waals surface area (Å²) < 4.78 is 75.6. The average molecular weight is 226 g/mol. The van der Waals surface area contributed by atoms with Crippen LogP contribution in [0.2, 0.25) is 0 Å². The molecule has 3 nitrogen and oxygen atoms in total. The maximum atomic E-state index is 11.8. The highest BCUT2D eigenvalue weighted by molar-refractivity contribution is 5.60. The highest BCUT2D eigenvalue weighted by atomic mass is 19.3. The molecule has 0 N–H and O–H groups in total. The summed E-state index contributed by atoms with van der Waals surface area (Å²) in [6.07, 6.45) is -11.7. The van der Waals surface area contributed by atoms with Crippen LogP contribution >= 0.6 is 0 Å². The van der Waals surface area contributed by atoms with E-state index in [1.54, 1.807) is 0 Å². The predicted molar refractivity (Wildman–Crippen MR) is 29.4 cm³/mol. The van der Waals surface area contributed by atoms with Gasteiger partial charge in [-0.25, -0.2) is 13.6 Å². The maximum absolute atomic E-state index is 11.8. The normalized spacial score (nSPS) is 12.4. The summed E-state index contributed by atoms with van der Waals surface area (Å²) in [6.45, 7) is -4.80. The van der Waals surface area contributed by atoms with Gasteiger partial charge < -0.3 is 9.47 Å². The van der Waals surface area contributed by atoms with Gasteiger partial charge in [0.15, 0.2) is 13.3 Å². The molecule has 0 unspecified atom stereocenters. The quantitative estimate of drug-likeness (QED) is 0.544. The minimum Gasteiger partial charge on any atom is -0.366 e. The van der Waals surface area contributed by atoms with E-state index >= 15 is 0 Å². The fourth-order valence-electron chi connectivity index (χ4n) is 0.319. The second kappa shape index (κ2) is 4.38. The molecular formula is C5H4F6O3. The highest BCUT2D eigenvalue weighted by Crippen LogP contribution is 2.21. The summed E-state index contributed by atoms with van der Waals surface area (Å²) in [7, 11) is 0. The minimum atomic E-state index is -4.57. The molecule has 0 saturated carbocycles. The van der Waals surface area contributed by atoms with E-state index in [1.807, 2.05) is 0 Å². The van der Waals surface area contributed by atoms with E-state index in [9.17, 15) is 31.1 Å². The lowest BCUT2D eigenvalue weighted by atomic mass is 10.7. The number of rotatable bonds is 4. The van der Waals surface area contributed by atoms with Crippen molar-refractivity contribution in [2.75, 3.05) is 13.3 Å². The molecule has 0 amide bonds. The van der Waals surface area contributed by atoms with Crippen molar-refractivity contribution in [2.45, 2.75) is 12.2 Å². The van der Waals surface area contributed by atoms with Crippen LogP contribution in [0.3, 0.4) is 0 Å². The fraction of sp³-hybridized carbons (Fsp3) is 0.800. The topological polar surface area (TPSA) is 35.5 Å². The van der Waals surface area contributed by atoms with Crippen molar-refractivity contribution in [3.8, 4) is 0 Å². The molecule has 0 aliphatic carbocycles. The third-order valence-corrected chi connectivity index (χ3v) is 0.776. The van der Waals surface area contributed by atoms with Gasteiger partial charge in [-0.2, -0.15) is 17.6 Å². The molecule has 0 saturated heterocycles. The Bertz CT molecular complexity index is 186. The molecule has 0 aliphatic rings. The first-order valence-electron chi connectivity index (χ1n) is 3.02. The fourth-order valence-corrected chi connectivity index (χ4v) is 0.319. The lowest BCUT2D eigenvalue weighted by Gasteiger charge is -2.15. The van der Waals surface area contributed by atoms with Crippen LogP contribution in [0, 0.1) is 0 Å². The van der Waals surface area contributed by atoms with Crippen LogP contribution in [0.25, 0.3) is 0 Å². The zero-order valence-electron chi connectivity index (χ0n) is 6.41. The smallest absolute Gasteiger partial charge is 0.366 e. The Morgan fingerprint density at radius 1 is 0.929 bits per heavy atom. The van der Waals surface area contributed by atoms with Crippen molar-refractivity contribution in [1.29, 1.82) is 0 Å². The Morgan fingerprint density at radius 3 is 1.43 bits per heavy atom. The van der Waals surface area contributed by atoms with Gasteiger partial charge in [-0.15, -0.1) is 0 Å². The van der Waals surface area contributed by atoms with Crippen molar-refractivity contribution in [2.24, 2.45) is 0 Å². The van der Waals surface area contributed by atoms with E-state index in [-0.39, 0.29) is 0 Å². The molecule has 9 heteroatoms. The van der Waals surface area contributed by atoms with Gasteiger partial charge in [-0.1, -0.05) is 0 Å². The van der Waals surface area contributed by atoms with Crippen molar-refractivity contribution in [3.05, 3.63) is 0 Å². The van der Waals surface area contributed by atoms with Gasteiger partial charge in [-0.05, 0) is 0 Å². The van der Waals surface area contributed by atoms with E-state index in [4.69, 9.17) is 0 Å². The van der Waals surface area contributed by atoms with Crippen molar-refractivity contribution >= 4 is 6.16 Å². The number of carbonyl (C=O) groups is 1. The van der Waals surface area contributed by atoms with Crippen LogP contribution in [-0.4, -0.2) is 31.7 Å². The van der Waals surface area contributed by atoms with E-state index in [0.29, 0.717) is 0 Å². The van der Waals surface area contributed by atoms with Gasteiger partial charge >= 0.3 is 18.4 Å².